The van der Waals surface area contributed by atoms with Gasteiger partial charge in [0.2, 0.25) is 0 Å². The average molecular weight is 605 g/mol. The lowest BCUT2D eigenvalue weighted by Gasteiger charge is -2.72. The van der Waals surface area contributed by atoms with Crippen molar-refractivity contribution in [2.45, 2.75) is 112 Å². The van der Waals surface area contributed by atoms with Gasteiger partial charge in [-0.25, -0.2) is 4.79 Å². The van der Waals surface area contributed by atoms with E-state index in [1.165, 1.54) is 69.6 Å². The van der Waals surface area contributed by atoms with Crippen LogP contribution < -0.4 is 11.1 Å². The van der Waals surface area contributed by atoms with Gasteiger partial charge in [0.15, 0.2) is 5.11 Å². The summed E-state index contributed by atoms with van der Waals surface area (Å²) in [5.41, 5.74) is 10.6. The van der Waals surface area contributed by atoms with Crippen molar-refractivity contribution in [3.05, 3.63) is 41.5 Å². The second-order valence-corrected chi connectivity index (χ2v) is 17.3. The Balaban J connectivity index is 1.34. The van der Waals surface area contributed by atoms with E-state index in [1.54, 1.807) is 0 Å². The van der Waals surface area contributed by atoms with Gasteiger partial charge >= 0.3 is 5.97 Å². The summed E-state index contributed by atoms with van der Waals surface area (Å²) in [7, 11) is 1.45. The largest absolute Gasteiger partial charge is 0.465 e. The zero-order valence-corrected chi connectivity index (χ0v) is 28.8. The van der Waals surface area contributed by atoms with Gasteiger partial charge in [-0.05, 0) is 150 Å². The van der Waals surface area contributed by atoms with Crippen LogP contribution in [-0.4, -0.2) is 23.7 Å². The van der Waals surface area contributed by atoms with Crippen LogP contribution in [0, 0.1) is 57.2 Å². The molecule has 1 aromatic rings. The molecule has 9 atom stereocenters. The monoisotopic (exact) mass is 604 g/mol. The molecule has 0 radical (unpaired) electrons. The number of hydrogen-bond acceptors (Lipinski definition) is 3. The molecule has 3 unspecified atom stereocenters. The molecular formula is C38H56N2O2S. The highest BCUT2D eigenvalue weighted by molar-refractivity contribution is 7.80. The number of ether oxygens (including phenoxy) is 1. The van der Waals surface area contributed by atoms with Crippen molar-refractivity contribution in [1.29, 1.82) is 0 Å². The van der Waals surface area contributed by atoms with Crippen molar-refractivity contribution in [2.75, 3.05) is 7.11 Å². The number of hydrogen-bond donors (Lipinski definition) is 2. The maximum atomic E-state index is 12.1. The Bertz CT molecular complexity index is 1320. The molecule has 5 heteroatoms. The van der Waals surface area contributed by atoms with Crippen molar-refractivity contribution in [3.8, 4) is 0 Å². The number of rotatable bonds is 4. The van der Waals surface area contributed by atoms with Crippen LogP contribution in [0.5, 0.6) is 0 Å². The van der Waals surface area contributed by atoms with E-state index in [0.717, 1.165) is 18.3 Å². The van der Waals surface area contributed by atoms with Gasteiger partial charge in [-0.15, -0.1) is 0 Å². The van der Waals surface area contributed by atoms with E-state index in [9.17, 15) is 4.79 Å². The normalized spacial score (nSPS) is 43.0. The minimum atomic E-state index is -0.273. The third kappa shape index (κ3) is 4.32. The van der Waals surface area contributed by atoms with E-state index < -0.39 is 0 Å². The van der Waals surface area contributed by atoms with Crippen LogP contribution >= 0.6 is 12.2 Å². The van der Waals surface area contributed by atoms with E-state index in [2.05, 4.69) is 72.0 Å². The minimum Gasteiger partial charge on any atom is -0.465 e. The van der Waals surface area contributed by atoms with Crippen molar-refractivity contribution in [3.63, 3.8) is 0 Å². The summed E-state index contributed by atoms with van der Waals surface area (Å²) in [6.07, 6.45) is 14.0. The Kier molecular flexibility index (Phi) is 7.47. The first kappa shape index (κ1) is 31.1. The molecule has 3 N–H and O–H groups in total. The Morgan fingerprint density at radius 2 is 1.63 bits per heavy atom. The van der Waals surface area contributed by atoms with Gasteiger partial charge in [0.1, 0.15) is 0 Å². The number of benzene rings is 1. The minimum absolute atomic E-state index is 0.0650. The second-order valence-electron chi connectivity index (χ2n) is 16.9. The molecule has 0 spiro atoms. The van der Waals surface area contributed by atoms with Gasteiger partial charge in [0.25, 0.3) is 0 Å². The first-order valence-corrected chi connectivity index (χ1v) is 17.5. The predicted molar refractivity (Wildman–Crippen MR) is 180 cm³/mol. The van der Waals surface area contributed by atoms with Gasteiger partial charge in [-0.2, -0.15) is 0 Å². The summed E-state index contributed by atoms with van der Waals surface area (Å²) in [5, 5.41) is 4.25. The topological polar surface area (TPSA) is 64.3 Å². The van der Waals surface area contributed by atoms with Crippen LogP contribution in [0.1, 0.15) is 122 Å². The summed E-state index contributed by atoms with van der Waals surface area (Å²) in [6.45, 7) is 18.0. The fourth-order valence-electron chi connectivity index (χ4n) is 12.9. The summed E-state index contributed by atoms with van der Waals surface area (Å²) < 4.78 is 4.95. The highest BCUT2D eigenvalue weighted by Crippen LogP contribution is 2.76. The van der Waals surface area contributed by atoms with Crippen molar-refractivity contribution < 1.29 is 9.53 Å². The summed E-state index contributed by atoms with van der Waals surface area (Å²) in [6, 6.07) is 8.11. The number of carbonyl (C=O) groups excluding carboxylic acids is 1. The number of esters is 1. The molecule has 43 heavy (non-hydrogen) atoms. The fourth-order valence-corrected chi connectivity index (χ4v) is 13.1. The van der Waals surface area contributed by atoms with Gasteiger partial charge in [-0.3, -0.25) is 0 Å². The van der Waals surface area contributed by atoms with Crippen molar-refractivity contribution in [2.24, 2.45) is 62.9 Å². The molecule has 236 valence electrons. The standard InChI is InChI=1S/C38H56N2O2S/c1-23(2)26-15-20-38(40-33(39)43)22-21-36(6)28(31(26)38)13-14-30-35(5)18-16-27(24-9-11-25(12-10-24)32(41)42-8)34(3,4)29(35)17-19-37(30,36)7/h9-12,16,23,26,28-31H,13-15,17-22H2,1-8H3,(H3,39,40,43)/t26-,28+,29?,30?,31?,35-,36+,37+,38-/m0/s1. The number of methoxy groups -OCH3 is 1. The summed E-state index contributed by atoms with van der Waals surface area (Å²) in [4.78, 5) is 12.1. The molecule has 1 aromatic carbocycles. The van der Waals surface area contributed by atoms with Crippen LogP contribution in [0.25, 0.3) is 5.57 Å². The Hall–Kier alpha value is -1.88. The molecule has 4 saturated carbocycles. The predicted octanol–water partition coefficient (Wildman–Crippen LogP) is 8.79. The molecule has 4 nitrogen and oxygen atoms in total. The molecule has 0 heterocycles. The molecule has 0 bridgehead atoms. The second kappa shape index (κ2) is 10.3. The van der Waals surface area contributed by atoms with Crippen LogP contribution in [-0.2, 0) is 4.74 Å². The zero-order valence-electron chi connectivity index (χ0n) is 28.0. The van der Waals surface area contributed by atoms with E-state index >= 15 is 0 Å². The van der Waals surface area contributed by atoms with E-state index in [1.807, 2.05) is 12.1 Å². The molecule has 0 aromatic heterocycles. The molecule has 5 aliphatic carbocycles. The fraction of sp³-hybridized carbons (Fsp3) is 0.737. The van der Waals surface area contributed by atoms with Crippen LogP contribution in [0.4, 0.5) is 0 Å². The highest BCUT2D eigenvalue weighted by Gasteiger charge is 2.70. The Morgan fingerprint density at radius 1 is 0.930 bits per heavy atom. The lowest BCUT2D eigenvalue weighted by Crippen LogP contribution is -2.68. The van der Waals surface area contributed by atoms with Gasteiger partial charge in [-0.1, -0.05) is 66.7 Å². The average Bonchev–Trinajstić information content (AvgIpc) is 3.32. The smallest absolute Gasteiger partial charge is 0.337 e. The third-order valence-corrected chi connectivity index (χ3v) is 15.0. The number of fused-ring (bicyclic) bond motifs is 7. The van der Waals surface area contributed by atoms with E-state index in [-0.39, 0.29) is 22.3 Å². The maximum absolute atomic E-state index is 12.1. The number of allylic oxidation sites excluding steroid dienone is 2. The molecule has 0 aliphatic heterocycles. The summed E-state index contributed by atoms with van der Waals surface area (Å²) >= 11 is 5.50. The van der Waals surface area contributed by atoms with Crippen LogP contribution in [0.15, 0.2) is 30.3 Å². The number of carbonyl (C=O) groups is 1. The SMILES string of the molecule is COC(=O)c1ccc(C2=CC[C@@]3(C)C(CC[C@]4(C)C3CC[C@@H]3C5[C@H](C(C)C)CC[C@]5(NC(N)=S)CC[C@]34C)C2(C)C)cc1. The van der Waals surface area contributed by atoms with Crippen molar-refractivity contribution in [1.82, 2.24) is 5.32 Å². The first-order chi connectivity index (χ1) is 20.1. The highest BCUT2D eigenvalue weighted by atomic mass is 32.1. The number of nitrogens with one attached hydrogen (secondary N) is 1. The quantitative estimate of drug-likeness (QED) is 0.266. The summed E-state index contributed by atoms with van der Waals surface area (Å²) in [5.74, 6) is 3.87. The van der Waals surface area contributed by atoms with Crippen LogP contribution in [0.3, 0.4) is 0 Å². The van der Waals surface area contributed by atoms with E-state index in [4.69, 9.17) is 22.7 Å². The Labute approximate surface area is 266 Å². The van der Waals surface area contributed by atoms with Crippen molar-refractivity contribution >= 4 is 28.9 Å². The first-order valence-electron chi connectivity index (χ1n) is 17.1. The van der Waals surface area contributed by atoms with E-state index in [0.29, 0.717) is 45.2 Å². The Morgan fingerprint density at radius 3 is 2.26 bits per heavy atom. The van der Waals surface area contributed by atoms with Crippen LogP contribution in [0.2, 0.25) is 0 Å². The maximum Gasteiger partial charge on any atom is 0.337 e. The molecule has 0 amide bonds. The molecule has 0 saturated heterocycles. The zero-order chi connectivity index (χ0) is 31.2. The molecule has 5 aliphatic rings. The van der Waals surface area contributed by atoms with Gasteiger partial charge < -0.3 is 15.8 Å². The molecule has 4 fully saturated rings. The lowest BCUT2D eigenvalue weighted by atomic mass is 9.33. The lowest BCUT2D eigenvalue weighted by molar-refractivity contribution is -0.220. The molecule has 6 rings (SSSR count). The third-order valence-electron chi connectivity index (χ3n) is 14.9. The van der Waals surface area contributed by atoms with Gasteiger partial charge in [0, 0.05) is 5.54 Å². The molecular weight excluding hydrogens is 548 g/mol. The van der Waals surface area contributed by atoms with Gasteiger partial charge in [0.05, 0.1) is 12.7 Å². The number of nitrogens with two attached hydrogens (primary N) is 1. The number of thiocarbonyl (C=S) groups is 1.